The van der Waals surface area contributed by atoms with Gasteiger partial charge in [0.1, 0.15) is 0 Å². The van der Waals surface area contributed by atoms with Crippen molar-refractivity contribution in [1.82, 2.24) is 15.2 Å². The van der Waals surface area contributed by atoms with E-state index in [0.717, 1.165) is 13.1 Å². The molecular weight excluding hydrogens is 260 g/mol. The lowest BCUT2D eigenvalue weighted by Crippen LogP contribution is -2.50. The number of hydrazine groups is 1. The quantitative estimate of drug-likeness (QED) is 0.392. The third-order valence-corrected chi connectivity index (χ3v) is 4.04. The number of amides is 2. The van der Waals surface area contributed by atoms with Crippen molar-refractivity contribution in [2.24, 2.45) is 11.8 Å². The van der Waals surface area contributed by atoms with Gasteiger partial charge in [0, 0.05) is 32.1 Å². The Labute approximate surface area is 119 Å². The Hall–Kier alpha value is -1.18. The Kier molecular flexibility index (Phi) is 5.33. The molecule has 0 radical (unpaired) electrons. The van der Waals surface area contributed by atoms with Gasteiger partial charge in [-0.25, -0.2) is 5.84 Å². The van der Waals surface area contributed by atoms with Crippen LogP contribution in [0.15, 0.2) is 0 Å². The van der Waals surface area contributed by atoms with Gasteiger partial charge in [0.15, 0.2) is 0 Å². The van der Waals surface area contributed by atoms with Gasteiger partial charge in [-0.2, -0.15) is 0 Å². The summed E-state index contributed by atoms with van der Waals surface area (Å²) in [7, 11) is 0. The zero-order valence-electron chi connectivity index (χ0n) is 12.0. The molecule has 2 rings (SSSR count). The van der Waals surface area contributed by atoms with Crippen molar-refractivity contribution in [3.63, 3.8) is 0 Å². The monoisotopic (exact) mass is 284 g/mol. The lowest BCUT2D eigenvalue weighted by Gasteiger charge is -2.35. The number of carbonyl (C=O) groups excluding carboxylic acids is 2. The van der Waals surface area contributed by atoms with E-state index >= 15 is 0 Å². The summed E-state index contributed by atoms with van der Waals surface area (Å²) in [6.45, 7) is 6.04. The molecule has 0 aliphatic carbocycles. The Morgan fingerprint density at radius 2 is 2.00 bits per heavy atom. The highest BCUT2D eigenvalue weighted by molar-refractivity contribution is 5.80. The van der Waals surface area contributed by atoms with Crippen molar-refractivity contribution in [2.45, 2.75) is 25.9 Å². The molecule has 0 aromatic heterocycles. The lowest BCUT2D eigenvalue weighted by molar-refractivity contribution is -0.138. The fourth-order valence-electron chi connectivity index (χ4n) is 2.83. The molecule has 1 atom stereocenters. The van der Waals surface area contributed by atoms with E-state index in [9.17, 15) is 9.59 Å². The van der Waals surface area contributed by atoms with E-state index < -0.39 is 0 Å². The maximum absolute atomic E-state index is 12.2. The number of piperidine rings is 1. The van der Waals surface area contributed by atoms with Crippen LogP contribution in [-0.2, 0) is 14.3 Å². The SMILES string of the molecule is CC1CN(CC(=O)N2CCC(C(=O)NN)CC2)CCO1. The highest BCUT2D eigenvalue weighted by Crippen LogP contribution is 2.17. The van der Waals surface area contributed by atoms with Crippen molar-refractivity contribution in [3.05, 3.63) is 0 Å². The van der Waals surface area contributed by atoms with Crippen LogP contribution >= 0.6 is 0 Å². The van der Waals surface area contributed by atoms with Crippen molar-refractivity contribution in [2.75, 3.05) is 39.3 Å². The predicted octanol–water partition coefficient (Wildman–Crippen LogP) is -1.06. The zero-order valence-corrected chi connectivity index (χ0v) is 12.0. The molecule has 114 valence electrons. The second-order valence-electron chi connectivity index (χ2n) is 5.58. The van der Waals surface area contributed by atoms with Gasteiger partial charge in [-0.05, 0) is 19.8 Å². The van der Waals surface area contributed by atoms with Gasteiger partial charge in [-0.3, -0.25) is 19.9 Å². The molecule has 2 aliphatic rings. The van der Waals surface area contributed by atoms with E-state index in [-0.39, 0.29) is 23.8 Å². The van der Waals surface area contributed by atoms with Crippen LogP contribution in [0.1, 0.15) is 19.8 Å². The fraction of sp³-hybridized carbons (Fsp3) is 0.846. The molecule has 0 aromatic rings. The minimum Gasteiger partial charge on any atom is -0.376 e. The number of hydrogen-bond acceptors (Lipinski definition) is 5. The molecule has 1 unspecified atom stereocenters. The summed E-state index contributed by atoms with van der Waals surface area (Å²) in [4.78, 5) is 27.7. The van der Waals surface area contributed by atoms with Crippen LogP contribution in [0.3, 0.4) is 0 Å². The van der Waals surface area contributed by atoms with Crippen LogP contribution in [0.25, 0.3) is 0 Å². The summed E-state index contributed by atoms with van der Waals surface area (Å²) in [5.74, 6) is 5.09. The summed E-state index contributed by atoms with van der Waals surface area (Å²) in [5, 5.41) is 0. The van der Waals surface area contributed by atoms with Crippen molar-refractivity contribution >= 4 is 11.8 Å². The van der Waals surface area contributed by atoms with Gasteiger partial charge in [-0.15, -0.1) is 0 Å². The van der Waals surface area contributed by atoms with Crippen LogP contribution in [0.5, 0.6) is 0 Å². The van der Waals surface area contributed by atoms with Crippen molar-refractivity contribution in [3.8, 4) is 0 Å². The second kappa shape index (κ2) is 7.01. The fourth-order valence-corrected chi connectivity index (χ4v) is 2.83. The summed E-state index contributed by atoms with van der Waals surface area (Å²) in [6, 6.07) is 0. The molecule has 0 bridgehead atoms. The number of morpholine rings is 1. The average Bonchev–Trinajstić information content (AvgIpc) is 2.46. The van der Waals surface area contributed by atoms with E-state index in [2.05, 4.69) is 10.3 Å². The van der Waals surface area contributed by atoms with E-state index in [0.29, 0.717) is 39.1 Å². The van der Waals surface area contributed by atoms with E-state index in [4.69, 9.17) is 10.6 Å². The van der Waals surface area contributed by atoms with Gasteiger partial charge >= 0.3 is 0 Å². The normalized spacial score (nSPS) is 25.5. The molecule has 2 aliphatic heterocycles. The van der Waals surface area contributed by atoms with Crippen molar-refractivity contribution < 1.29 is 14.3 Å². The van der Waals surface area contributed by atoms with Gasteiger partial charge in [0.25, 0.3) is 0 Å². The molecule has 2 saturated heterocycles. The third kappa shape index (κ3) is 3.91. The Bertz CT molecular complexity index is 356. The minimum absolute atomic E-state index is 0.0625. The van der Waals surface area contributed by atoms with Crippen molar-refractivity contribution in [1.29, 1.82) is 0 Å². The number of nitrogens with zero attached hydrogens (tertiary/aromatic N) is 2. The van der Waals surface area contributed by atoms with Gasteiger partial charge in [-0.1, -0.05) is 0 Å². The summed E-state index contributed by atoms with van der Waals surface area (Å²) < 4.78 is 5.47. The molecule has 0 aromatic carbocycles. The molecule has 2 fully saturated rings. The number of ether oxygens (including phenoxy) is 1. The predicted molar refractivity (Wildman–Crippen MR) is 73.5 cm³/mol. The Morgan fingerprint density at radius 1 is 1.30 bits per heavy atom. The molecule has 2 heterocycles. The first-order chi connectivity index (χ1) is 9.60. The maximum Gasteiger partial charge on any atom is 0.237 e. The van der Waals surface area contributed by atoms with Crippen LogP contribution in [0.2, 0.25) is 0 Å². The van der Waals surface area contributed by atoms with Crippen LogP contribution in [-0.4, -0.2) is 67.0 Å². The first kappa shape index (κ1) is 15.2. The number of nitrogens with two attached hydrogens (primary N) is 1. The van der Waals surface area contributed by atoms with Crippen LogP contribution < -0.4 is 11.3 Å². The molecule has 2 amide bonds. The first-order valence-electron chi connectivity index (χ1n) is 7.22. The van der Waals surface area contributed by atoms with Gasteiger partial charge in [0.05, 0.1) is 19.3 Å². The van der Waals surface area contributed by atoms with Gasteiger partial charge < -0.3 is 9.64 Å². The van der Waals surface area contributed by atoms with Crippen LogP contribution in [0.4, 0.5) is 0 Å². The zero-order chi connectivity index (χ0) is 14.5. The third-order valence-electron chi connectivity index (χ3n) is 4.04. The summed E-state index contributed by atoms with van der Waals surface area (Å²) in [5.41, 5.74) is 2.18. The molecule has 3 N–H and O–H groups in total. The average molecular weight is 284 g/mol. The Morgan fingerprint density at radius 3 is 2.60 bits per heavy atom. The standard InChI is InChI=1S/C13H24N4O3/c1-10-8-16(6-7-20-10)9-12(18)17-4-2-11(3-5-17)13(19)15-14/h10-11H,2-9,14H2,1H3,(H,15,19). The molecule has 0 saturated carbocycles. The molecule has 20 heavy (non-hydrogen) atoms. The number of likely N-dealkylation sites (tertiary alicyclic amines) is 1. The van der Waals surface area contributed by atoms with Crippen LogP contribution in [0, 0.1) is 5.92 Å². The highest BCUT2D eigenvalue weighted by Gasteiger charge is 2.28. The molecule has 7 heteroatoms. The van der Waals surface area contributed by atoms with E-state index in [1.807, 2.05) is 11.8 Å². The number of hydrogen-bond donors (Lipinski definition) is 2. The largest absolute Gasteiger partial charge is 0.376 e. The molecule has 7 nitrogen and oxygen atoms in total. The highest BCUT2D eigenvalue weighted by atomic mass is 16.5. The maximum atomic E-state index is 12.2. The smallest absolute Gasteiger partial charge is 0.237 e. The lowest BCUT2D eigenvalue weighted by atomic mass is 9.96. The topological polar surface area (TPSA) is 87.9 Å². The summed E-state index contributed by atoms with van der Waals surface area (Å²) in [6.07, 6.45) is 1.57. The summed E-state index contributed by atoms with van der Waals surface area (Å²) >= 11 is 0. The van der Waals surface area contributed by atoms with E-state index in [1.165, 1.54) is 0 Å². The Balaban J connectivity index is 1.75. The molecule has 0 spiro atoms. The van der Waals surface area contributed by atoms with Gasteiger partial charge in [0.2, 0.25) is 11.8 Å². The first-order valence-corrected chi connectivity index (χ1v) is 7.22. The number of carbonyl (C=O) groups is 2. The second-order valence-corrected chi connectivity index (χ2v) is 5.58. The van der Waals surface area contributed by atoms with E-state index in [1.54, 1.807) is 0 Å². The number of nitrogens with one attached hydrogen (secondary N) is 1. The molecular formula is C13H24N4O3. The number of rotatable bonds is 3. The minimum atomic E-state index is -0.126.